The molecule has 1 aromatic heterocycles. The monoisotopic (exact) mass is 248 g/mol. The summed E-state index contributed by atoms with van der Waals surface area (Å²) in [5, 5.41) is 5.92. The van der Waals surface area contributed by atoms with Gasteiger partial charge in [-0.05, 0) is 17.7 Å². The van der Waals surface area contributed by atoms with Crippen molar-refractivity contribution in [3.05, 3.63) is 35.7 Å². The highest BCUT2D eigenvalue weighted by atomic mass is 16.5. The molecule has 2 rings (SSSR count). The molecule has 0 saturated heterocycles. The summed E-state index contributed by atoms with van der Waals surface area (Å²) < 4.78 is 10.1. The SMILES string of the molecule is COc1cccc(COC(=O)c2nc(N)n[nH]2)c1. The number of esters is 1. The number of hydrogen-bond acceptors (Lipinski definition) is 6. The minimum Gasteiger partial charge on any atom is -0.497 e. The normalized spacial score (nSPS) is 10.1. The Labute approximate surface area is 103 Å². The highest BCUT2D eigenvalue weighted by Gasteiger charge is 2.12. The smallest absolute Gasteiger partial charge is 0.376 e. The van der Waals surface area contributed by atoms with Crippen LogP contribution in [0.4, 0.5) is 5.95 Å². The van der Waals surface area contributed by atoms with Gasteiger partial charge < -0.3 is 15.2 Å². The van der Waals surface area contributed by atoms with Crippen molar-refractivity contribution in [2.75, 3.05) is 12.8 Å². The molecule has 2 aromatic rings. The van der Waals surface area contributed by atoms with E-state index in [0.717, 1.165) is 5.56 Å². The summed E-state index contributed by atoms with van der Waals surface area (Å²) in [5.74, 6) is 0.0770. The van der Waals surface area contributed by atoms with E-state index in [9.17, 15) is 4.79 Å². The molecule has 0 aliphatic heterocycles. The number of carbonyl (C=O) groups excluding carboxylic acids is 1. The first-order valence-corrected chi connectivity index (χ1v) is 5.17. The van der Waals surface area contributed by atoms with Crippen LogP contribution in [0.1, 0.15) is 16.2 Å². The van der Waals surface area contributed by atoms with Crippen LogP contribution in [0.2, 0.25) is 0 Å². The van der Waals surface area contributed by atoms with Crippen LogP contribution in [0, 0.1) is 0 Å². The number of rotatable bonds is 4. The number of carbonyl (C=O) groups is 1. The minimum absolute atomic E-state index is 0.00308. The van der Waals surface area contributed by atoms with Gasteiger partial charge in [0.2, 0.25) is 11.8 Å². The van der Waals surface area contributed by atoms with Crippen molar-refractivity contribution < 1.29 is 14.3 Å². The molecular formula is C11H12N4O3. The highest BCUT2D eigenvalue weighted by Crippen LogP contribution is 2.13. The van der Waals surface area contributed by atoms with Gasteiger partial charge in [-0.2, -0.15) is 4.98 Å². The van der Waals surface area contributed by atoms with Crippen LogP contribution in [0.3, 0.4) is 0 Å². The number of anilines is 1. The standard InChI is InChI=1S/C11H12N4O3/c1-17-8-4-2-3-7(5-8)6-18-10(16)9-13-11(12)15-14-9/h2-5H,6H2,1H3,(H3,12,13,14,15). The second kappa shape index (κ2) is 5.17. The highest BCUT2D eigenvalue weighted by molar-refractivity contribution is 5.85. The van der Waals surface area contributed by atoms with Crippen molar-refractivity contribution in [2.24, 2.45) is 0 Å². The quantitative estimate of drug-likeness (QED) is 0.774. The van der Waals surface area contributed by atoms with E-state index in [2.05, 4.69) is 15.2 Å². The lowest BCUT2D eigenvalue weighted by molar-refractivity contribution is 0.0458. The Balaban J connectivity index is 1.97. The van der Waals surface area contributed by atoms with E-state index in [1.165, 1.54) is 0 Å². The Kier molecular flexibility index (Phi) is 3.42. The molecule has 0 bridgehead atoms. The zero-order valence-electron chi connectivity index (χ0n) is 9.71. The van der Waals surface area contributed by atoms with Gasteiger partial charge in [0.25, 0.3) is 0 Å². The van der Waals surface area contributed by atoms with Crippen molar-refractivity contribution in [1.29, 1.82) is 0 Å². The minimum atomic E-state index is -0.609. The molecule has 0 unspecified atom stereocenters. The number of aromatic nitrogens is 3. The average Bonchev–Trinajstić information content (AvgIpc) is 2.83. The maximum absolute atomic E-state index is 11.5. The fourth-order valence-electron chi connectivity index (χ4n) is 1.35. The van der Waals surface area contributed by atoms with Gasteiger partial charge in [-0.1, -0.05) is 12.1 Å². The number of methoxy groups -OCH3 is 1. The van der Waals surface area contributed by atoms with E-state index in [1.807, 2.05) is 18.2 Å². The third kappa shape index (κ3) is 2.76. The van der Waals surface area contributed by atoms with Crippen LogP contribution in [-0.4, -0.2) is 28.3 Å². The molecule has 0 fully saturated rings. The zero-order valence-corrected chi connectivity index (χ0v) is 9.71. The van der Waals surface area contributed by atoms with Gasteiger partial charge in [0.1, 0.15) is 12.4 Å². The lowest BCUT2D eigenvalue weighted by Crippen LogP contribution is -2.07. The Morgan fingerprint density at radius 3 is 3.00 bits per heavy atom. The molecule has 3 N–H and O–H groups in total. The fourth-order valence-corrected chi connectivity index (χ4v) is 1.35. The van der Waals surface area contributed by atoms with Crippen molar-refractivity contribution in [1.82, 2.24) is 15.2 Å². The van der Waals surface area contributed by atoms with Gasteiger partial charge in [0.15, 0.2) is 0 Å². The van der Waals surface area contributed by atoms with E-state index in [0.29, 0.717) is 5.75 Å². The predicted molar refractivity (Wildman–Crippen MR) is 62.9 cm³/mol. The summed E-state index contributed by atoms with van der Waals surface area (Å²) in [4.78, 5) is 15.2. The molecule has 94 valence electrons. The molecule has 0 amide bonds. The van der Waals surface area contributed by atoms with Gasteiger partial charge in [-0.15, -0.1) is 5.10 Å². The summed E-state index contributed by atoms with van der Waals surface area (Å²) in [5.41, 5.74) is 6.10. The largest absolute Gasteiger partial charge is 0.497 e. The average molecular weight is 248 g/mol. The van der Waals surface area contributed by atoms with E-state index >= 15 is 0 Å². The first-order valence-electron chi connectivity index (χ1n) is 5.17. The number of ether oxygens (including phenoxy) is 2. The third-order valence-electron chi connectivity index (χ3n) is 2.20. The molecule has 0 radical (unpaired) electrons. The van der Waals surface area contributed by atoms with Crippen molar-refractivity contribution in [2.45, 2.75) is 6.61 Å². The number of nitrogens with one attached hydrogen (secondary N) is 1. The Morgan fingerprint density at radius 2 is 2.33 bits per heavy atom. The number of nitrogens with two attached hydrogens (primary N) is 1. The van der Waals surface area contributed by atoms with Gasteiger partial charge in [0.05, 0.1) is 7.11 Å². The Bertz CT molecular complexity index is 553. The first-order chi connectivity index (χ1) is 8.69. The van der Waals surface area contributed by atoms with Crippen molar-refractivity contribution in [3.63, 3.8) is 0 Å². The number of nitrogen functional groups attached to an aromatic ring is 1. The van der Waals surface area contributed by atoms with E-state index in [4.69, 9.17) is 15.2 Å². The van der Waals surface area contributed by atoms with Crippen LogP contribution >= 0.6 is 0 Å². The summed E-state index contributed by atoms with van der Waals surface area (Å²) in [7, 11) is 1.57. The van der Waals surface area contributed by atoms with Gasteiger partial charge >= 0.3 is 5.97 Å². The molecule has 18 heavy (non-hydrogen) atoms. The van der Waals surface area contributed by atoms with Crippen LogP contribution in [0.15, 0.2) is 24.3 Å². The number of nitrogens with zero attached hydrogens (tertiary/aromatic N) is 2. The van der Waals surface area contributed by atoms with Gasteiger partial charge in [0, 0.05) is 0 Å². The van der Waals surface area contributed by atoms with Gasteiger partial charge in [-0.25, -0.2) is 4.79 Å². The number of H-pyrrole nitrogens is 1. The maximum Gasteiger partial charge on any atom is 0.376 e. The lowest BCUT2D eigenvalue weighted by atomic mass is 10.2. The molecule has 0 aliphatic rings. The van der Waals surface area contributed by atoms with Crippen LogP contribution < -0.4 is 10.5 Å². The van der Waals surface area contributed by atoms with E-state index in [1.54, 1.807) is 13.2 Å². The molecule has 0 atom stereocenters. The summed E-state index contributed by atoms with van der Waals surface area (Å²) >= 11 is 0. The second-order valence-electron chi connectivity index (χ2n) is 3.47. The summed E-state index contributed by atoms with van der Waals surface area (Å²) in [6.45, 7) is 0.122. The Morgan fingerprint density at radius 1 is 1.50 bits per heavy atom. The second-order valence-corrected chi connectivity index (χ2v) is 3.47. The van der Waals surface area contributed by atoms with Crippen LogP contribution in [0.25, 0.3) is 0 Å². The Hall–Kier alpha value is -2.57. The molecule has 1 heterocycles. The molecule has 7 heteroatoms. The molecule has 7 nitrogen and oxygen atoms in total. The third-order valence-corrected chi connectivity index (χ3v) is 2.20. The molecule has 0 aliphatic carbocycles. The summed E-state index contributed by atoms with van der Waals surface area (Å²) in [6.07, 6.45) is 0. The maximum atomic E-state index is 11.5. The number of aromatic amines is 1. The van der Waals surface area contributed by atoms with E-state index in [-0.39, 0.29) is 18.4 Å². The van der Waals surface area contributed by atoms with Gasteiger partial charge in [-0.3, -0.25) is 5.10 Å². The van der Waals surface area contributed by atoms with Crippen molar-refractivity contribution >= 4 is 11.9 Å². The van der Waals surface area contributed by atoms with Crippen molar-refractivity contribution in [3.8, 4) is 5.75 Å². The van der Waals surface area contributed by atoms with Crippen LogP contribution in [0.5, 0.6) is 5.75 Å². The molecular weight excluding hydrogens is 236 g/mol. The fraction of sp³-hybridized carbons (Fsp3) is 0.182. The van der Waals surface area contributed by atoms with E-state index < -0.39 is 5.97 Å². The van der Waals surface area contributed by atoms with Crippen LogP contribution in [-0.2, 0) is 11.3 Å². The predicted octanol–water partition coefficient (Wildman–Crippen LogP) is 0.752. The lowest BCUT2D eigenvalue weighted by Gasteiger charge is -2.04. The molecule has 0 saturated carbocycles. The molecule has 1 aromatic carbocycles. The number of hydrogen-bond donors (Lipinski definition) is 2. The molecule has 0 spiro atoms. The topological polar surface area (TPSA) is 103 Å². The summed E-state index contributed by atoms with van der Waals surface area (Å²) in [6, 6.07) is 7.23. The first kappa shape index (κ1) is 11.9. The number of benzene rings is 1. The zero-order chi connectivity index (χ0) is 13.0.